The summed E-state index contributed by atoms with van der Waals surface area (Å²) in [6, 6.07) is 0.568. The van der Waals surface area contributed by atoms with Crippen molar-refractivity contribution in [3.8, 4) is 0 Å². The Hall–Kier alpha value is -0.0800. The van der Waals surface area contributed by atoms with Crippen molar-refractivity contribution in [2.24, 2.45) is 5.92 Å². The smallest absolute Gasteiger partial charge is 0.0616 e. The topological polar surface area (TPSA) is 21.3 Å². The zero-order valence-electron chi connectivity index (χ0n) is 7.76. The summed E-state index contributed by atoms with van der Waals surface area (Å²) < 4.78 is 5.60. The molecule has 1 aliphatic rings. The molecule has 3 unspecified atom stereocenters. The molecule has 1 saturated heterocycles. The molecule has 0 aliphatic carbocycles. The molecule has 2 heteroatoms. The van der Waals surface area contributed by atoms with Crippen molar-refractivity contribution < 1.29 is 4.74 Å². The molecule has 0 bridgehead atoms. The van der Waals surface area contributed by atoms with Gasteiger partial charge in [-0.25, -0.2) is 0 Å². The normalized spacial score (nSPS) is 30.3. The monoisotopic (exact) mass is 157 g/mol. The maximum absolute atomic E-state index is 5.60. The molecule has 0 aromatic carbocycles. The van der Waals surface area contributed by atoms with Gasteiger partial charge in [-0.2, -0.15) is 0 Å². The van der Waals surface area contributed by atoms with Gasteiger partial charge in [0.1, 0.15) is 0 Å². The van der Waals surface area contributed by atoms with E-state index in [4.69, 9.17) is 4.74 Å². The number of ether oxygens (including phenoxy) is 1. The summed E-state index contributed by atoms with van der Waals surface area (Å²) in [4.78, 5) is 0. The van der Waals surface area contributed by atoms with E-state index in [1.165, 1.54) is 12.8 Å². The minimum Gasteiger partial charge on any atom is -0.378 e. The van der Waals surface area contributed by atoms with Crippen molar-refractivity contribution in [2.75, 3.05) is 13.7 Å². The third-order valence-electron chi connectivity index (χ3n) is 2.80. The van der Waals surface area contributed by atoms with E-state index >= 15 is 0 Å². The van der Waals surface area contributed by atoms with Gasteiger partial charge in [0.2, 0.25) is 0 Å². The van der Waals surface area contributed by atoms with Crippen molar-refractivity contribution >= 4 is 0 Å². The van der Waals surface area contributed by atoms with Crippen LogP contribution in [-0.4, -0.2) is 25.8 Å². The molecule has 0 aromatic heterocycles. The van der Waals surface area contributed by atoms with Crippen LogP contribution in [-0.2, 0) is 4.74 Å². The predicted molar refractivity (Wildman–Crippen MR) is 46.7 cm³/mol. The van der Waals surface area contributed by atoms with Crippen LogP contribution in [0.1, 0.15) is 26.7 Å². The molecule has 66 valence electrons. The lowest BCUT2D eigenvalue weighted by molar-refractivity contribution is 0.0579. The Morgan fingerprint density at radius 2 is 2.18 bits per heavy atom. The second-order valence-corrected chi connectivity index (χ2v) is 3.49. The first kappa shape index (κ1) is 9.01. The van der Waals surface area contributed by atoms with Gasteiger partial charge in [-0.15, -0.1) is 0 Å². The van der Waals surface area contributed by atoms with E-state index in [9.17, 15) is 0 Å². The summed E-state index contributed by atoms with van der Waals surface area (Å²) in [7, 11) is 2.01. The molecule has 0 saturated carbocycles. The number of hydrogen-bond donors (Lipinski definition) is 1. The lowest BCUT2D eigenvalue weighted by atomic mass is 9.95. The molecule has 1 heterocycles. The molecule has 1 N–H and O–H groups in total. The van der Waals surface area contributed by atoms with E-state index in [-0.39, 0.29) is 0 Å². The molecular weight excluding hydrogens is 138 g/mol. The number of hydrogen-bond acceptors (Lipinski definition) is 2. The summed E-state index contributed by atoms with van der Waals surface area (Å²) in [5.41, 5.74) is 0. The van der Waals surface area contributed by atoms with Crippen LogP contribution >= 0.6 is 0 Å². The van der Waals surface area contributed by atoms with Gasteiger partial charge in [-0.3, -0.25) is 0 Å². The quantitative estimate of drug-likeness (QED) is 0.669. The van der Waals surface area contributed by atoms with Crippen LogP contribution in [0.4, 0.5) is 0 Å². The Kier molecular flexibility index (Phi) is 3.34. The second-order valence-electron chi connectivity index (χ2n) is 3.49. The number of nitrogens with one attached hydrogen (secondary N) is 1. The summed E-state index contributed by atoms with van der Waals surface area (Å²) in [6.45, 7) is 5.44. The van der Waals surface area contributed by atoms with E-state index in [0.717, 1.165) is 6.61 Å². The Labute approximate surface area is 69.3 Å². The SMILES string of the molecule is CNC(C)C(C)C1CCCO1. The molecule has 0 aromatic rings. The van der Waals surface area contributed by atoms with Crippen molar-refractivity contribution in [3.63, 3.8) is 0 Å². The zero-order chi connectivity index (χ0) is 8.27. The van der Waals surface area contributed by atoms with Gasteiger partial charge in [0.15, 0.2) is 0 Å². The molecule has 1 fully saturated rings. The zero-order valence-corrected chi connectivity index (χ0v) is 7.76. The van der Waals surface area contributed by atoms with Gasteiger partial charge in [0.05, 0.1) is 6.10 Å². The maximum Gasteiger partial charge on any atom is 0.0616 e. The first-order valence-corrected chi connectivity index (χ1v) is 4.54. The van der Waals surface area contributed by atoms with E-state index in [1.54, 1.807) is 0 Å². The largest absolute Gasteiger partial charge is 0.378 e. The van der Waals surface area contributed by atoms with Crippen LogP contribution in [0.5, 0.6) is 0 Å². The second kappa shape index (κ2) is 4.07. The fourth-order valence-corrected chi connectivity index (χ4v) is 1.60. The predicted octanol–water partition coefficient (Wildman–Crippen LogP) is 1.41. The third kappa shape index (κ3) is 2.17. The van der Waals surface area contributed by atoms with Gasteiger partial charge >= 0.3 is 0 Å². The first-order chi connectivity index (χ1) is 5.25. The van der Waals surface area contributed by atoms with Gasteiger partial charge in [-0.05, 0) is 32.7 Å². The Balaban J connectivity index is 2.32. The molecule has 0 radical (unpaired) electrons. The van der Waals surface area contributed by atoms with Gasteiger partial charge in [0.25, 0.3) is 0 Å². The standard InChI is InChI=1S/C9H19NO/c1-7(8(2)10-3)9-5-4-6-11-9/h7-10H,4-6H2,1-3H3. The first-order valence-electron chi connectivity index (χ1n) is 4.54. The molecule has 2 nitrogen and oxygen atoms in total. The number of rotatable bonds is 3. The molecule has 0 spiro atoms. The molecule has 1 aliphatic heterocycles. The van der Waals surface area contributed by atoms with Crippen LogP contribution in [0.2, 0.25) is 0 Å². The van der Waals surface area contributed by atoms with Crippen LogP contribution in [0.25, 0.3) is 0 Å². The van der Waals surface area contributed by atoms with Crippen LogP contribution in [0.15, 0.2) is 0 Å². The Morgan fingerprint density at radius 3 is 2.64 bits per heavy atom. The van der Waals surface area contributed by atoms with Crippen LogP contribution in [0.3, 0.4) is 0 Å². The average Bonchev–Trinajstić information content (AvgIpc) is 2.53. The van der Waals surface area contributed by atoms with Gasteiger partial charge in [-0.1, -0.05) is 6.92 Å². The van der Waals surface area contributed by atoms with Crippen molar-refractivity contribution in [3.05, 3.63) is 0 Å². The van der Waals surface area contributed by atoms with Crippen LogP contribution < -0.4 is 5.32 Å². The lowest BCUT2D eigenvalue weighted by Gasteiger charge is -2.24. The highest BCUT2D eigenvalue weighted by atomic mass is 16.5. The average molecular weight is 157 g/mol. The highest BCUT2D eigenvalue weighted by Gasteiger charge is 2.25. The van der Waals surface area contributed by atoms with Crippen molar-refractivity contribution in [2.45, 2.75) is 38.8 Å². The highest BCUT2D eigenvalue weighted by Crippen LogP contribution is 2.22. The molecule has 1 rings (SSSR count). The molecule has 0 amide bonds. The lowest BCUT2D eigenvalue weighted by Crippen LogP contribution is -2.35. The van der Waals surface area contributed by atoms with E-state index in [2.05, 4.69) is 19.2 Å². The maximum atomic E-state index is 5.60. The van der Waals surface area contributed by atoms with Gasteiger partial charge < -0.3 is 10.1 Å². The summed E-state index contributed by atoms with van der Waals surface area (Å²) in [5.74, 6) is 0.641. The van der Waals surface area contributed by atoms with E-state index in [0.29, 0.717) is 18.1 Å². The minimum atomic E-state index is 0.498. The van der Waals surface area contributed by atoms with Crippen LogP contribution in [0, 0.1) is 5.92 Å². The summed E-state index contributed by atoms with van der Waals surface area (Å²) in [5, 5.41) is 3.26. The molecule has 11 heavy (non-hydrogen) atoms. The summed E-state index contributed by atoms with van der Waals surface area (Å²) in [6.07, 6.45) is 2.98. The van der Waals surface area contributed by atoms with E-state index < -0.39 is 0 Å². The molecular formula is C9H19NO. The van der Waals surface area contributed by atoms with E-state index in [1.807, 2.05) is 7.05 Å². The highest BCUT2D eigenvalue weighted by molar-refractivity contribution is 4.77. The third-order valence-corrected chi connectivity index (χ3v) is 2.80. The van der Waals surface area contributed by atoms with Gasteiger partial charge in [0, 0.05) is 12.6 Å². The minimum absolute atomic E-state index is 0.498. The fourth-order valence-electron chi connectivity index (χ4n) is 1.60. The molecule has 3 atom stereocenters. The van der Waals surface area contributed by atoms with Crippen molar-refractivity contribution in [1.29, 1.82) is 0 Å². The Morgan fingerprint density at radius 1 is 1.45 bits per heavy atom. The Bertz CT molecular complexity index is 110. The van der Waals surface area contributed by atoms with Crippen molar-refractivity contribution in [1.82, 2.24) is 5.32 Å². The fraction of sp³-hybridized carbons (Fsp3) is 1.00. The summed E-state index contributed by atoms with van der Waals surface area (Å²) >= 11 is 0.